The SMILES string of the molecule is COc1ccc(CCN=C(N)N2CCCC(C)C2)c(OC)c1OC. The van der Waals surface area contributed by atoms with Gasteiger partial charge in [-0.05, 0) is 31.2 Å². The number of ether oxygens (including phenoxy) is 3. The highest BCUT2D eigenvalue weighted by atomic mass is 16.5. The summed E-state index contributed by atoms with van der Waals surface area (Å²) in [5, 5.41) is 0. The van der Waals surface area contributed by atoms with Gasteiger partial charge in [-0.15, -0.1) is 0 Å². The fourth-order valence-corrected chi connectivity index (χ4v) is 3.15. The molecule has 6 heteroatoms. The first-order valence-electron chi connectivity index (χ1n) is 8.43. The molecule has 2 rings (SSSR count). The summed E-state index contributed by atoms with van der Waals surface area (Å²) in [4.78, 5) is 6.72. The second kappa shape index (κ2) is 8.66. The molecule has 1 saturated heterocycles. The predicted molar refractivity (Wildman–Crippen MR) is 96.3 cm³/mol. The van der Waals surface area contributed by atoms with Crippen molar-refractivity contribution in [3.05, 3.63) is 17.7 Å². The van der Waals surface area contributed by atoms with Gasteiger partial charge in [0, 0.05) is 25.2 Å². The zero-order valence-corrected chi connectivity index (χ0v) is 15.2. The van der Waals surface area contributed by atoms with Crippen molar-refractivity contribution in [2.45, 2.75) is 26.2 Å². The fraction of sp³-hybridized carbons (Fsp3) is 0.611. The van der Waals surface area contributed by atoms with E-state index in [9.17, 15) is 0 Å². The molecule has 0 radical (unpaired) electrons. The lowest BCUT2D eigenvalue weighted by molar-refractivity contribution is 0.270. The number of hydrogen-bond donors (Lipinski definition) is 1. The molecule has 134 valence electrons. The standard InChI is InChI=1S/C18H29N3O3/c1-13-6-5-11-21(12-13)18(19)20-10-9-14-7-8-15(22-2)17(24-4)16(14)23-3/h7-8,13H,5-6,9-12H2,1-4H3,(H2,19,20). The van der Waals surface area contributed by atoms with Crippen molar-refractivity contribution in [1.29, 1.82) is 0 Å². The average molecular weight is 335 g/mol. The molecule has 1 heterocycles. The first kappa shape index (κ1) is 18.2. The maximum Gasteiger partial charge on any atom is 0.203 e. The van der Waals surface area contributed by atoms with Gasteiger partial charge in [0.15, 0.2) is 17.5 Å². The van der Waals surface area contributed by atoms with Crippen LogP contribution in [0.15, 0.2) is 17.1 Å². The molecule has 24 heavy (non-hydrogen) atoms. The van der Waals surface area contributed by atoms with Gasteiger partial charge in [-0.1, -0.05) is 13.0 Å². The van der Waals surface area contributed by atoms with Crippen molar-refractivity contribution < 1.29 is 14.2 Å². The Balaban J connectivity index is 2.04. The van der Waals surface area contributed by atoms with Gasteiger partial charge >= 0.3 is 0 Å². The highest BCUT2D eigenvalue weighted by molar-refractivity contribution is 5.78. The van der Waals surface area contributed by atoms with Crippen LogP contribution in [0.2, 0.25) is 0 Å². The Hall–Kier alpha value is -2.11. The summed E-state index contributed by atoms with van der Waals surface area (Å²) in [5.74, 6) is 3.28. The third kappa shape index (κ3) is 4.24. The van der Waals surface area contributed by atoms with E-state index in [0.29, 0.717) is 35.7 Å². The fourth-order valence-electron chi connectivity index (χ4n) is 3.15. The van der Waals surface area contributed by atoms with Crippen molar-refractivity contribution in [2.24, 2.45) is 16.6 Å². The second-order valence-corrected chi connectivity index (χ2v) is 6.18. The van der Waals surface area contributed by atoms with E-state index in [1.807, 2.05) is 12.1 Å². The number of methoxy groups -OCH3 is 3. The predicted octanol–water partition coefficient (Wildman–Crippen LogP) is 2.30. The molecule has 0 bridgehead atoms. The number of rotatable bonds is 6. The average Bonchev–Trinajstić information content (AvgIpc) is 2.60. The summed E-state index contributed by atoms with van der Waals surface area (Å²) in [7, 11) is 4.85. The first-order chi connectivity index (χ1) is 11.6. The molecule has 1 fully saturated rings. The van der Waals surface area contributed by atoms with E-state index in [1.165, 1.54) is 12.8 Å². The summed E-state index contributed by atoms with van der Waals surface area (Å²) < 4.78 is 16.2. The quantitative estimate of drug-likeness (QED) is 0.638. The van der Waals surface area contributed by atoms with Gasteiger partial charge in [-0.3, -0.25) is 4.99 Å². The highest BCUT2D eigenvalue weighted by Crippen LogP contribution is 2.39. The third-order valence-corrected chi connectivity index (χ3v) is 4.42. The highest BCUT2D eigenvalue weighted by Gasteiger charge is 2.18. The molecule has 0 saturated carbocycles. The van der Waals surface area contributed by atoms with Crippen molar-refractivity contribution >= 4 is 5.96 Å². The van der Waals surface area contributed by atoms with Crippen LogP contribution in [0, 0.1) is 5.92 Å². The Labute approximate surface area is 144 Å². The monoisotopic (exact) mass is 335 g/mol. The zero-order chi connectivity index (χ0) is 17.5. The number of guanidine groups is 1. The van der Waals surface area contributed by atoms with E-state index in [0.717, 1.165) is 25.1 Å². The van der Waals surface area contributed by atoms with Gasteiger partial charge in [0.1, 0.15) is 0 Å². The van der Waals surface area contributed by atoms with Crippen LogP contribution in [0.3, 0.4) is 0 Å². The Morgan fingerprint density at radius 2 is 1.96 bits per heavy atom. The number of aliphatic imine (C=N–C) groups is 1. The van der Waals surface area contributed by atoms with Crippen LogP contribution in [-0.4, -0.2) is 51.8 Å². The molecule has 2 N–H and O–H groups in total. The second-order valence-electron chi connectivity index (χ2n) is 6.18. The van der Waals surface area contributed by atoms with Crippen LogP contribution in [0.4, 0.5) is 0 Å². The van der Waals surface area contributed by atoms with Crippen molar-refractivity contribution in [3.63, 3.8) is 0 Å². The molecule has 6 nitrogen and oxygen atoms in total. The maximum absolute atomic E-state index is 6.15. The van der Waals surface area contributed by atoms with Crippen LogP contribution in [0.5, 0.6) is 17.2 Å². The summed E-state index contributed by atoms with van der Waals surface area (Å²) in [5.41, 5.74) is 7.17. The van der Waals surface area contributed by atoms with E-state index in [-0.39, 0.29) is 0 Å². The van der Waals surface area contributed by atoms with Gasteiger partial charge in [0.05, 0.1) is 21.3 Å². The van der Waals surface area contributed by atoms with E-state index in [4.69, 9.17) is 19.9 Å². The molecular formula is C18H29N3O3. The summed E-state index contributed by atoms with van der Waals surface area (Å²) in [6.45, 7) is 4.87. The molecule has 1 aliphatic rings. The summed E-state index contributed by atoms with van der Waals surface area (Å²) in [6.07, 6.45) is 3.18. The van der Waals surface area contributed by atoms with Gasteiger partial charge < -0.3 is 24.8 Å². The molecule has 1 aliphatic heterocycles. The first-order valence-corrected chi connectivity index (χ1v) is 8.43. The van der Waals surface area contributed by atoms with E-state index in [2.05, 4.69) is 16.8 Å². The molecule has 1 aromatic rings. The molecule has 0 amide bonds. The lowest BCUT2D eigenvalue weighted by Gasteiger charge is -2.31. The van der Waals surface area contributed by atoms with Crippen LogP contribution >= 0.6 is 0 Å². The van der Waals surface area contributed by atoms with Gasteiger partial charge in [0.2, 0.25) is 5.75 Å². The van der Waals surface area contributed by atoms with Gasteiger partial charge in [-0.25, -0.2) is 0 Å². The maximum atomic E-state index is 6.15. The van der Waals surface area contributed by atoms with Crippen molar-refractivity contribution in [2.75, 3.05) is 41.0 Å². The Bertz CT molecular complexity index is 575. The molecule has 1 aromatic carbocycles. The Kier molecular flexibility index (Phi) is 6.58. The summed E-state index contributed by atoms with van der Waals surface area (Å²) >= 11 is 0. The van der Waals surface area contributed by atoms with E-state index < -0.39 is 0 Å². The van der Waals surface area contributed by atoms with Gasteiger partial charge in [-0.2, -0.15) is 0 Å². The smallest absolute Gasteiger partial charge is 0.203 e. The molecular weight excluding hydrogens is 306 g/mol. The van der Waals surface area contributed by atoms with Crippen LogP contribution in [-0.2, 0) is 6.42 Å². The van der Waals surface area contributed by atoms with Crippen LogP contribution in [0.1, 0.15) is 25.3 Å². The van der Waals surface area contributed by atoms with Crippen molar-refractivity contribution in [1.82, 2.24) is 4.90 Å². The summed E-state index contributed by atoms with van der Waals surface area (Å²) in [6, 6.07) is 3.87. The minimum absolute atomic E-state index is 0.610. The van der Waals surface area contributed by atoms with E-state index >= 15 is 0 Å². The molecule has 0 spiro atoms. The number of nitrogens with two attached hydrogens (primary N) is 1. The Morgan fingerprint density at radius 3 is 2.58 bits per heavy atom. The number of likely N-dealkylation sites (tertiary alicyclic amines) is 1. The van der Waals surface area contributed by atoms with Crippen molar-refractivity contribution in [3.8, 4) is 17.2 Å². The van der Waals surface area contributed by atoms with Crippen LogP contribution < -0.4 is 19.9 Å². The number of nitrogens with zero attached hydrogens (tertiary/aromatic N) is 2. The lowest BCUT2D eigenvalue weighted by Crippen LogP contribution is -2.43. The molecule has 1 atom stereocenters. The number of benzene rings is 1. The largest absolute Gasteiger partial charge is 0.493 e. The number of hydrogen-bond acceptors (Lipinski definition) is 4. The van der Waals surface area contributed by atoms with Gasteiger partial charge in [0.25, 0.3) is 0 Å². The topological polar surface area (TPSA) is 69.3 Å². The third-order valence-electron chi connectivity index (χ3n) is 4.42. The Morgan fingerprint density at radius 1 is 1.21 bits per heavy atom. The normalized spacial score (nSPS) is 18.4. The van der Waals surface area contributed by atoms with Crippen LogP contribution in [0.25, 0.3) is 0 Å². The minimum Gasteiger partial charge on any atom is -0.493 e. The molecule has 0 aliphatic carbocycles. The van der Waals surface area contributed by atoms with E-state index in [1.54, 1.807) is 21.3 Å². The molecule has 1 unspecified atom stereocenters. The number of piperidine rings is 1. The minimum atomic E-state index is 0.610. The zero-order valence-electron chi connectivity index (χ0n) is 15.2. The lowest BCUT2D eigenvalue weighted by atomic mass is 10.0. The molecule has 0 aromatic heterocycles.